The summed E-state index contributed by atoms with van der Waals surface area (Å²) in [5, 5.41) is 11.0. The van der Waals surface area contributed by atoms with Crippen LogP contribution in [0.5, 0.6) is 17.5 Å². The molecule has 4 nitrogen and oxygen atoms in total. The Hall–Kier alpha value is -2.69. The fourth-order valence-corrected chi connectivity index (χ4v) is 1.76. The van der Waals surface area contributed by atoms with Gasteiger partial charge in [0.15, 0.2) is 0 Å². The van der Waals surface area contributed by atoms with E-state index >= 15 is 0 Å². The maximum absolute atomic E-state index is 12.8. The molecule has 0 aliphatic heterocycles. The molecule has 0 spiro atoms. The van der Waals surface area contributed by atoms with E-state index in [4.69, 9.17) is 4.74 Å². The van der Waals surface area contributed by atoms with Crippen LogP contribution in [0.15, 0.2) is 48.8 Å². The van der Waals surface area contributed by atoms with Crippen LogP contribution in [0.25, 0.3) is 10.8 Å². The first-order chi connectivity index (χ1) is 9.24. The number of pyridine rings is 2. The van der Waals surface area contributed by atoms with E-state index in [2.05, 4.69) is 9.97 Å². The molecule has 0 amide bonds. The minimum Gasteiger partial charge on any atom is -0.493 e. The number of hydrogen-bond acceptors (Lipinski definition) is 4. The molecule has 0 atom stereocenters. The Morgan fingerprint density at radius 2 is 1.63 bits per heavy atom. The lowest BCUT2D eigenvalue weighted by Crippen LogP contribution is -1.90. The monoisotopic (exact) mass is 256 g/mol. The maximum Gasteiger partial charge on any atom is 0.232 e. The highest BCUT2D eigenvalue weighted by Crippen LogP contribution is 2.32. The molecule has 1 N–H and O–H groups in total. The van der Waals surface area contributed by atoms with Crippen LogP contribution in [0.2, 0.25) is 0 Å². The van der Waals surface area contributed by atoms with Gasteiger partial charge >= 0.3 is 0 Å². The highest BCUT2D eigenvalue weighted by Gasteiger charge is 2.10. The highest BCUT2D eigenvalue weighted by atomic mass is 19.1. The van der Waals surface area contributed by atoms with E-state index in [1.54, 1.807) is 18.3 Å². The summed E-state index contributed by atoms with van der Waals surface area (Å²) in [5.41, 5.74) is 0. The first-order valence-electron chi connectivity index (χ1n) is 5.60. The van der Waals surface area contributed by atoms with Crippen molar-refractivity contribution < 1.29 is 14.2 Å². The molecule has 0 unspecified atom stereocenters. The molecule has 3 rings (SSSR count). The van der Waals surface area contributed by atoms with Gasteiger partial charge in [0.05, 0.1) is 0 Å². The molecular formula is C14H9FN2O2. The van der Waals surface area contributed by atoms with Gasteiger partial charge in [-0.1, -0.05) is 0 Å². The SMILES string of the molecule is Oc1nccc2ccnc(Oc3ccc(F)cc3)c12. The van der Waals surface area contributed by atoms with Crippen molar-refractivity contribution in [1.82, 2.24) is 9.97 Å². The lowest BCUT2D eigenvalue weighted by molar-refractivity contribution is 0.445. The molecule has 19 heavy (non-hydrogen) atoms. The first-order valence-corrected chi connectivity index (χ1v) is 5.60. The van der Waals surface area contributed by atoms with E-state index in [1.165, 1.54) is 30.5 Å². The smallest absolute Gasteiger partial charge is 0.232 e. The highest BCUT2D eigenvalue weighted by molar-refractivity contribution is 5.90. The Labute approximate surface area is 108 Å². The molecule has 94 valence electrons. The zero-order valence-electron chi connectivity index (χ0n) is 9.75. The Balaban J connectivity index is 2.08. The van der Waals surface area contributed by atoms with Crippen LogP contribution in [0, 0.1) is 5.82 Å². The largest absolute Gasteiger partial charge is 0.493 e. The van der Waals surface area contributed by atoms with Gasteiger partial charge in [0.2, 0.25) is 11.8 Å². The van der Waals surface area contributed by atoms with Gasteiger partial charge in [-0.05, 0) is 41.8 Å². The Morgan fingerprint density at radius 1 is 0.947 bits per heavy atom. The molecule has 0 aliphatic rings. The van der Waals surface area contributed by atoms with Crippen molar-refractivity contribution in [3.63, 3.8) is 0 Å². The quantitative estimate of drug-likeness (QED) is 0.764. The molecular weight excluding hydrogens is 247 g/mol. The standard InChI is InChI=1S/C14H9FN2O2/c15-10-1-3-11(4-2-10)19-14-12-9(6-8-17-14)5-7-16-13(12)18/h1-8H,(H,16,18). The van der Waals surface area contributed by atoms with E-state index in [0.29, 0.717) is 11.1 Å². The van der Waals surface area contributed by atoms with Crippen LogP contribution in [0.4, 0.5) is 4.39 Å². The van der Waals surface area contributed by atoms with E-state index in [1.807, 2.05) is 0 Å². The van der Waals surface area contributed by atoms with Crippen LogP contribution >= 0.6 is 0 Å². The number of aromatic nitrogens is 2. The summed E-state index contributed by atoms with van der Waals surface area (Å²) in [6.45, 7) is 0. The maximum atomic E-state index is 12.8. The van der Waals surface area contributed by atoms with Gasteiger partial charge in [0.25, 0.3) is 0 Å². The molecule has 1 aromatic carbocycles. The van der Waals surface area contributed by atoms with Gasteiger partial charge in [-0.2, -0.15) is 0 Å². The molecule has 0 saturated heterocycles. The van der Waals surface area contributed by atoms with Gasteiger partial charge in [0.1, 0.15) is 17.0 Å². The summed E-state index contributed by atoms with van der Waals surface area (Å²) in [6.07, 6.45) is 3.07. The minimum atomic E-state index is -0.345. The fourth-order valence-electron chi connectivity index (χ4n) is 1.76. The molecule has 2 heterocycles. The summed E-state index contributed by atoms with van der Waals surface area (Å²) in [4.78, 5) is 7.87. The van der Waals surface area contributed by atoms with E-state index in [9.17, 15) is 9.50 Å². The third-order valence-corrected chi connectivity index (χ3v) is 2.65. The number of rotatable bonds is 2. The van der Waals surface area contributed by atoms with Crippen LogP contribution in [0.1, 0.15) is 0 Å². The number of fused-ring (bicyclic) bond motifs is 1. The molecule has 0 fully saturated rings. The van der Waals surface area contributed by atoms with Gasteiger partial charge in [-0.25, -0.2) is 14.4 Å². The third kappa shape index (κ3) is 2.18. The number of benzene rings is 1. The van der Waals surface area contributed by atoms with Gasteiger partial charge < -0.3 is 9.84 Å². The molecule has 0 saturated carbocycles. The number of aromatic hydroxyl groups is 1. The summed E-state index contributed by atoms with van der Waals surface area (Å²) in [6, 6.07) is 9.05. The minimum absolute atomic E-state index is 0.150. The Bertz CT molecular complexity index is 724. The van der Waals surface area contributed by atoms with Gasteiger partial charge in [0, 0.05) is 12.4 Å². The Kier molecular flexibility index (Phi) is 2.72. The first kappa shape index (κ1) is 11.4. The molecule has 2 aromatic heterocycles. The van der Waals surface area contributed by atoms with Crippen molar-refractivity contribution in [2.45, 2.75) is 0 Å². The molecule has 0 bridgehead atoms. The fraction of sp³-hybridized carbons (Fsp3) is 0. The van der Waals surface area contributed by atoms with Gasteiger partial charge in [-0.3, -0.25) is 0 Å². The Morgan fingerprint density at radius 3 is 2.37 bits per heavy atom. The van der Waals surface area contributed by atoms with Crippen molar-refractivity contribution in [3.8, 4) is 17.5 Å². The average molecular weight is 256 g/mol. The second-order valence-electron chi connectivity index (χ2n) is 3.90. The summed E-state index contributed by atoms with van der Waals surface area (Å²) < 4.78 is 18.4. The number of nitrogens with zero attached hydrogens (tertiary/aromatic N) is 2. The van der Waals surface area contributed by atoms with Gasteiger partial charge in [-0.15, -0.1) is 0 Å². The summed E-state index contributed by atoms with van der Waals surface area (Å²) in [7, 11) is 0. The summed E-state index contributed by atoms with van der Waals surface area (Å²) in [5.74, 6) is 0.171. The molecule has 5 heteroatoms. The normalized spacial score (nSPS) is 10.6. The lowest BCUT2D eigenvalue weighted by atomic mass is 10.2. The predicted molar refractivity (Wildman–Crippen MR) is 67.7 cm³/mol. The number of ether oxygens (including phenoxy) is 1. The van der Waals surface area contributed by atoms with E-state index < -0.39 is 0 Å². The van der Waals surface area contributed by atoms with Crippen molar-refractivity contribution in [1.29, 1.82) is 0 Å². The number of hydrogen-bond donors (Lipinski definition) is 1. The number of halogens is 1. The molecule has 0 radical (unpaired) electrons. The predicted octanol–water partition coefficient (Wildman–Crippen LogP) is 3.27. The third-order valence-electron chi connectivity index (χ3n) is 2.65. The van der Waals surface area contributed by atoms with Crippen LogP contribution in [0.3, 0.4) is 0 Å². The van der Waals surface area contributed by atoms with Crippen LogP contribution < -0.4 is 4.74 Å². The topological polar surface area (TPSA) is 55.2 Å². The summed E-state index contributed by atoms with van der Waals surface area (Å²) >= 11 is 0. The van der Waals surface area contributed by atoms with Crippen LogP contribution in [-0.2, 0) is 0 Å². The molecule has 3 aromatic rings. The van der Waals surface area contributed by atoms with E-state index in [0.717, 1.165) is 5.39 Å². The molecule has 0 aliphatic carbocycles. The van der Waals surface area contributed by atoms with Crippen LogP contribution in [-0.4, -0.2) is 15.1 Å². The second-order valence-corrected chi connectivity index (χ2v) is 3.90. The van der Waals surface area contributed by atoms with Crippen molar-refractivity contribution >= 4 is 10.8 Å². The average Bonchev–Trinajstić information content (AvgIpc) is 2.42. The second kappa shape index (κ2) is 4.53. The zero-order chi connectivity index (χ0) is 13.2. The van der Waals surface area contributed by atoms with Crippen molar-refractivity contribution in [2.75, 3.05) is 0 Å². The van der Waals surface area contributed by atoms with E-state index in [-0.39, 0.29) is 17.6 Å². The lowest BCUT2D eigenvalue weighted by Gasteiger charge is -2.08. The van der Waals surface area contributed by atoms with Crippen molar-refractivity contribution in [2.24, 2.45) is 0 Å². The zero-order valence-corrected chi connectivity index (χ0v) is 9.75. The van der Waals surface area contributed by atoms with Crippen molar-refractivity contribution in [3.05, 3.63) is 54.6 Å².